The first-order chi connectivity index (χ1) is 11.8. The Morgan fingerprint density at radius 2 is 1.88 bits per heavy atom. The predicted molar refractivity (Wildman–Crippen MR) is 100 cm³/mol. The van der Waals surface area contributed by atoms with E-state index in [1.165, 1.54) is 30.0 Å². The number of hydrogen-bond acceptors (Lipinski definition) is 1. The summed E-state index contributed by atoms with van der Waals surface area (Å²) < 4.78 is 0. The van der Waals surface area contributed by atoms with Crippen LogP contribution in [0.1, 0.15) is 44.6 Å². The molecule has 3 heteroatoms. The van der Waals surface area contributed by atoms with E-state index < -0.39 is 0 Å². The van der Waals surface area contributed by atoms with Crippen molar-refractivity contribution in [3.8, 4) is 0 Å². The van der Waals surface area contributed by atoms with Gasteiger partial charge in [-0.05, 0) is 41.2 Å². The van der Waals surface area contributed by atoms with Gasteiger partial charge < -0.3 is 10.2 Å². The first kappa shape index (κ1) is 16.8. The lowest BCUT2D eigenvalue weighted by molar-refractivity contribution is 0.167. The van der Waals surface area contributed by atoms with Gasteiger partial charge in [0.1, 0.15) is 0 Å². The average Bonchev–Trinajstić information content (AvgIpc) is 2.64. The highest BCUT2D eigenvalue weighted by atomic mass is 16.2. The van der Waals surface area contributed by atoms with Crippen molar-refractivity contribution in [2.75, 3.05) is 13.1 Å². The van der Waals surface area contributed by atoms with Crippen LogP contribution >= 0.6 is 0 Å². The summed E-state index contributed by atoms with van der Waals surface area (Å²) >= 11 is 0. The Hall–Kier alpha value is -2.03. The summed E-state index contributed by atoms with van der Waals surface area (Å²) in [5.74, 6) is 0.814. The number of benzene rings is 2. The minimum Gasteiger partial charge on any atom is -0.334 e. The van der Waals surface area contributed by atoms with E-state index in [0.717, 1.165) is 37.4 Å². The van der Waals surface area contributed by atoms with E-state index in [9.17, 15) is 4.79 Å². The van der Waals surface area contributed by atoms with Crippen LogP contribution in [0.2, 0.25) is 0 Å². The second-order valence-corrected chi connectivity index (χ2v) is 6.91. The van der Waals surface area contributed by atoms with Crippen molar-refractivity contribution in [1.82, 2.24) is 10.2 Å². The quantitative estimate of drug-likeness (QED) is 0.829. The number of carbonyl (C=O) groups is 1. The highest BCUT2D eigenvalue weighted by molar-refractivity contribution is 5.83. The molecule has 0 saturated carbocycles. The number of fused-ring (bicyclic) bond motifs is 1. The smallest absolute Gasteiger partial charge is 0.317 e. The van der Waals surface area contributed by atoms with Crippen LogP contribution in [0.5, 0.6) is 0 Å². The molecular weight excluding hydrogens is 296 g/mol. The second-order valence-electron chi connectivity index (χ2n) is 6.91. The van der Waals surface area contributed by atoms with Crippen molar-refractivity contribution in [3.05, 3.63) is 48.0 Å². The molecule has 1 aliphatic rings. The molecule has 0 unspecified atom stereocenters. The Balaban J connectivity index is 1.48. The van der Waals surface area contributed by atoms with Gasteiger partial charge in [0.15, 0.2) is 0 Å². The molecule has 1 heterocycles. The summed E-state index contributed by atoms with van der Waals surface area (Å²) in [5, 5.41) is 5.54. The van der Waals surface area contributed by atoms with Crippen molar-refractivity contribution in [1.29, 1.82) is 0 Å². The third-order valence-electron chi connectivity index (χ3n) is 5.13. The first-order valence-corrected chi connectivity index (χ1v) is 9.26. The predicted octanol–water partition coefficient (Wildman–Crippen LogP) is 4.95. The van der Waals surface area contributed by atoms with E-state index >= 15 is 0 Å². The van der Waals surface area contributed by atoms with Gasteiger partial charge in [-0.1, -0.05) is 62.6 Å². The third kappa shape index (κ3) is 4.28. The maximum atomic E-state index is 12.4. The molecule has 2 aromatic carbocycles. The second kappa shape index (κ2) is 8.18. The van der Waals surface area contributed by atoms with Gasteiger partial charge in [0.05, 0.1) is 0 Å². The number of carbonyl (C=O) groups excluding carboxylic acids is 1. The fourth-order valence-electron chi connectivity index (χ4n) is 3.56. The Bertz CT molecular complexity index is 674. The van der Waals surface area contributed by atoms with Crippen LogP contribution in [0.15, 0.2) is 42.5 Å². The molecule has 2 aromatic rings. The number of nitrogens with zero attached hydrogens (tertiary/aromatic N) is 1. The van der Waals surface area contributed by atoms with Crippen molar-refractivity contribution < 1.29 is 4.79 Å². The van der Waals surface area contributed by atoms with Crippen LogP contribution < -0.4 is 5.32 Å². The van der Waals surface area contributed by atoms with E-state index in [-0.39, 0.29) is 6.03 Å². The molecule has 24 heavy (non-hydrogen) atoms. The van der Waals surface area contributed by atoms with E-state index in [0.29, 0.717) is 6.54 Å². The van der Waals surface area contributed by atoms with Gasteiger partial charge in [-0.3, -0.25) is 0 Å². The number of amides is 2. The van der Waals surface area contributed by atoms with Crippen molar-refractivity contribution >= 4 is 16.8 Å². The van der Waals surface area contributed by atoms with Crippen LogP contribution in [0.25, 0.3) is 10.8 Å². The molecule has 0 spiro atoms. The van der Waals surface area contributed by atoms with Gasteiger partial charge in [0.25, 0.3) is 0 Å². The third-order valence-corrected chi connectivity index (χ3v) is 5.13. The number of piperidine rings is 1. The molecule has 2 amide bonds. The minimum absolute atomic E-state index is 0.0806. The van der Waals surface area contributed by atoms with E-state index in [1.54, 1.807) is 0 Å². The molecule has 3 nitrogen and oxygen atoms in total. The number of urea groups is 1. The Morgan fingerprint density at radius 1 is 1.12 bits per heavy atom. The first-order valence-electron chi connectivity index (χ1n) is 9.26. The van der Waals surface area contributed by atoms with Crippen LogP contribution in [0.3, 0.4) is 0 Å². The zero-order valence-corrected chi connectivity index (χ0v) is 14.6. The van der Waals surface area contributed by atoms with Crippen LogP contribution in [-0.4, -0.2) is 24.0 Å². The fourth-order valence-corrected chi connectivity index (χ4v) is 3.56. The van der Waals surface area contributed by atoms with Gasteiger partial charge in [-0.2, -0.15) is 0 Å². The van der Waals surface area contributed by atoms with Crippen LogP contribution in [0, 0.1) is 5.92 Å². The summed E-state index contributed by atoms with van der Waals surface area (Å²) in [7, 11) is 0. The highest BCUT2D eigenvalue weighted by Gasteiger charge is 2.22. The summed E-state index contributed by atoms with van der Waals surface area (Å²) in [6.45, 7) is 4.64. The lowest BCUT2D eigenvalue weighted by Gasteiger charge is -2.32. The molecule has 1 fully saturated rings. The van der Waals surface area contributed by atoms with Gasteiger partial charge in [0.2, 0.25) is 0 Å². The number of rotatable bonds is 5. The monoisotopic (exact) mass is 324 g/mol. The Kier molecular flexibility index (Phi) is 5.73. The Morgan fingerprint density at radius 3 is 2.62 bits per heavy atom. The number of hydrogen-bond donors (Lipinski definition) is 1. The number of unbranched alkanes of at least 4 members (excludes halogenated alkanes) is 1. The van der Waals surface area contributed by atoms with E-state index in [2.05, 4.69) is 42.6 Å². The molecule has 1 N–H and O–H groups in total. The SMILES string of the molecule is CCCCC1CCN(C(=O)NCc2ccc3ccccc3c2)CC1. The molecular formula is C21H28N2O. The summed E-state index contributed by atoms with van der Waals surface area (Å²) in [6, 6.07) is 14.8. The molecule has 0 atom stereocenters. The molecule has 3 rings (SSSR count). The normalized spacial score (nSPS) is 15.6. The molecule has 0 aliphatic carbocycles. The summed E-state index contributed by atoms with van der Waals surface area (Å²) in [5.41, 5.74) is 1.15. The molecule has 1 aliphatic heterocycles. The largest absolute Gasteiger partial charge is 0.334 e. The van der Waals surface area contributed by atoms with Crippen molar-refractivity contribution in [2.24, 2.45) is 5.92 Å². The minimum atomic E-state index is 0.0806. The zero-order chi connectivity index (χ0) is 16.8. The van der Waals surface area contributed by atoms with Crippen molar-refractivity contribution in [2.45, 2.75) is 45.6 Å². The standard InChI is InChI=1S/C21H28N2O/c1-2-3-6-17-11-13-23(14-12-17)21(24)22-16-18-9-10-19-7-4-5-8-20(19)15-18/h4-5,7-10,15,17H,2-3,6,11-14,16H2,1H3,(H,22,24). The molecule has 0 bridgehead atoms. The van der Waals surface area contributed by atoms with Crippen LogP contribution in [-0.2, 0) is 6.54 Å². The molecule has 1 saturated heterocycles. The van der Waals surface area contributed by atoms with Crippen molar-refractivity contribution in [3.63, 3.8) is 0 Å². The molecule has 0 radical (unpaired) electrons. The van der Waals surface area contributed by atoms with Crippen LogP contribution in [0.4, 0.5) is 4.79 Å². The maximum Gasteiger partial charge on any atom is 0.317 e. The van der Waals surface area contributed by atoms with Gasteiger partial charge in [-0.15, -0.1) is 0 Å². The topological polar surface area (TPSA) is 32.3 Å². The lowest BCUT2D eigenvalue weighted by Crippen LogP contribution is -2.44. The number of likely N-dealkylation sites (tertiary alicyclic amines) is 1. The molecule has 0 aromatic heterocycles. The number of nitrogens with one attached hydrogen (secondary N) is 1. The fraction of sp³-hybridized carbons (Fsp3) is 0.476. The average molecular weight is 324 g/mol. The molecule has 128 valence electrons. The Labute approximate surface area is 145 Å². The van der Waals surface area contributed by atoms with Gasteiger partial charge >= 0.3 is 6.03 Å². The highest BCUT2D eigenvalue weighted by Crippen LogP contribution is 2.22. The van der Waals surface area contributed by atoms with E-state index in [1.807, 2.05) is 17.0 Å². The summed E-state index contributed by atoms with van der Waals surface area (Å²) in [4.78, 5) is 14.3. The maximum absolute atomic E-state index is 12.4. The van der Waals surface area contributed by atoms with E-state index in [4.69, 9.17) is 0 Å². The lowest BCUT2D eigenvalue weighted by atomic mass is 9.92. The summed E-state index contributed by atoms with van der Waals surface area (Å²) in [6.07, 6.45) is 6.22. The zero-order valence-electron chi connectivity index (χ0n) is 14.6. The van der Waals surface area contributed by atoms with Gasteiger partial charge in [-0.25, -0.2) is 4.79 Å². The van der Waals surface area contributed by atoms with Gasteiger partial charge in [0, 0.05) is 19.6 Å².